The highest BCUT2D eigenvalue weighted by Gasteiger charge is 2.52. The molecule has 4 aliphatic rings. The molecule has 8 nitrogen and oxygen atoms in total. The summed E-state index contributed by atoms with van der Waals surface area (Å²) in [5, 5.41) is 9.87. The molecule has 5 atom stereocenters. The van der Waals surface area contributed by atoms with Gasteiger partial charge in [0.25, 0.3) is 5.91 Å². The number of carbonyl (C=O) groups excluding carboxylic acids is 2. The number of nitrogens with one attached hydrogen (secondary N) is 3. The number of thioether (sulfide) groups is 1. The number of nitrogens with two attached hydrogens (primary N) is 1. The van der Waals surface area contributed by atoms with Crippen LogP contribution in [0.4, 0.5) is 10.5 Å². The second-order valence-corrected chi connectivity index (χ2v) is 11.5. The summed E-state index contributed by atoms with van der Waals surface area (Å²) in [6.07, 6.45) is 4.82. The van der Waals surface area contributed by atoms with Crippen LogP contribution in [-0.4, -0.2) is 42.0 Å². The van der Waals surface area contributed by atoms with Crippen molar-refractivity contribution in [2.24, 2.45) is 11.7 Å². The number of piperidine rings is 1. The van der Waals surface area contributed by atoms with Gasteiger partial charge in [0.2, 0.25) is 0 Å². The first kappa shape index (κ1) is 24.3. The van der Waals surface area contributed by atoms with E-state index in [1.807, 2.05) is 60.4 Å². The topological polar surface area (TPSA) is 109 Å². The molecule has 3 amide bonds. The molecule has 6 rings (SSSR count). The van der Waals surface area contributed by atoms with Gasteiger partial charge in [0, 0.05) is 29.4 Å². The molecule has 1 saturated carbocycles. The molecular weight excluding hydrogens is 486 g/mol. The second kappa shape index (κ2) is 10.0. The molecule has 3 heterocycles. The maximum Gasteiger partial charge on any atom is 0.326 e. The van der Waals surface area contributed by atoms with Gasteiger partial charge in [-0.25, -0.2) is 4.79 Å². The minimum atomic E-state index is -0.195. The van der Waals surface area contributed by atoms with Crippen molar-refractivity contribution in [2.45, 2.75) is 62.5 Å². The summed E-state index contributed by atoms with van der Waals surface area (Å²) in [5.74, 6) is 1.38. The molecule has 3 unspecified atom stereocenters. The molecule has 3 aliphatic heterocycles. The Balaban J connectivity index is 1.25. The van der Waals surface area contributed by atoms with Crippen LogP contribution in [0.3, 0.4) is 0 Å². The van der Waals surface area contributed by atoms with Crippen molar-refractivity contribution in [1.29, 1.82) is 0 Å². The Kier molecular flexibility index (Phi) is 6.60. The predicted octanol–water partition coefficient (Wildman–Crippen LogP) is 3.97. The third-order valence-corrected chi connectivity index (χ3v) is 9.24. The van der Waals surface area contributed by atoms with Gasteiger partial charge >= 0.3 is 6.03 Å². The Bertz CT molecular complexity index is 1240. The average molecular weight is 520 g/mol. The smallest absolute Gasteiger partial charge is 0.326 e. The van der Waals surface area contributed by atoms with Crippen molar-refractivity contribution in [3.63, 3.8) is 0 Å². The average Bonchev–Trinajstić information content (AvgIpc) is 3.26. The molecular formula is C28H33N5O3S. The Morgan fingerprint density at radius 1 is 1.11 bits per heavy atom. The van der Waals surface area contributed by atoms with Crippen molar-refractivity contribution in [2.75, 3.05) is 11.4 Å². The molecule has 0 aromatic heterocycles. The van der Waals surface area contributed by atoms with Crippen LogP contribution in [0.2, 0.25) is 0 Å². The Labute approximate surface area is 221 Å². The van der Waals surface area contributed by atoms with Gasteiger partial charge in [-0.05, 0) is 68.6 Å². The van der Waals surface area contributed by atoms with E-state index in [0.717, 1.165) is 67.1 Å². The van der Waals surface area contributed by atoms with E-state index >= 15 is 0 Å². The number of aryl methyl sites for hydroxylation is 1. The van der Waals surface area contributed by atoms with Crippen molar-refractivity contribution in [1.82, 2.24) is 16.0 Å². The highest BCUT2D eigenvalue weighted by molar-refractivity contribution is 8.04. The molecule has 2 aromatic rings. The minimum absolute atomic E-state index is 0.0110. The van der Waals surface area contributed by atoms with Gasteiger partial charge in [-0.3, -0.25) is 9.69 Å². The summed E-state index contributed by atoms with van der Waals surface area (Å²) < 4.78 is 6.00. The van der Waals surface area contributed by atoms with Crippen molar-refractivity contribution in [3.05, 3.63) is 64.7 Å². The quantitative estimate of drug-likeness (QED) is 0.476. The second-order valence-electron chi connectivity index (χ2n) is 10.3. The Hall–Kier alpha value is -3.01. The van der Waals surface area contributed by atoms with E-state index in [1.165, 1.54) is 11.8 Å². The molecule has 0 radical (unpaired) electrons. The van der Waals surface area contributed by atoms with Crippen LogP contribution in [0.1, 0.15) is 37.7 Å². The number of ether oxygens (including phenoxy) is 1. The van der Waals surface area contributed by atoms with Gasteiger partial charge in [-0.1, -0.05) is 42.8 Å². The molecule has 5 N–H and O–H groups in total. The molecule has 1 aliphatic carbocycles. The fourth-order valence-electron chi connectivity index (χ4n) is 6.06. The van der Waals surface area contributed by atoms with Crippen LogP contribution < -0.4 is 31.3 Å². The summed E-state index contributed by atoms with van der Waals surface area (Å²) in [6, 6.07) is 15.2. The number of hydrogen-bond donors (Lipinski definition) is 4. The molecule has 2 aromatic carbocycles. The van der Waals surface area contributed by atoms with Gasteiger partial charge in [-0.15, -0.1) is 0 Å². The lowest BCUT2D eigenvalue weighted by Gasteiger charge is -2.46. The molecule has 3 fully saturated rings. The molecule has 0 spiro atoms. The van der Waals surface area contributed by atoms with E-state index in [1.54, 1.807) is 0 Å². The van der Waals surface area contributed by atoms with E-state index in [9.17, 15) is 9.59 Å². The van der Waals surface area contributed by atoms with Crippen LogP contribution in [0.25, 0.3) is 0 Å². The van der Waals surface area contributed by atoms with E-state index in [0.29, 0.717) is 4.91 Å². The lowest BCUT2D eigenvalue weighted by molar-refractivity contribution is -0.117. The van der Waals surface area contributed by atoms with Crippen LogP contribution in [-0.2, 0) is 4.79 Å². The van der Waals surface area contributed by atoms with Crippen LogP contribution in [0, 0.1) is 12.8 Å². The van der Waals surface area contributed by atoms with E-state index in [4.69, 9.17) is 10.5 Å². The molecule has 0 bridgehead atoms. The molecule has 37 heavy (non-hydrogen) atoms. The summed E-state index contributed by atoms with van der Waals surface area (Å²) in [5.41, 5.74) is 8.85. The van der Waals surface area contributed by atoms with E-state index < -0.39 is 0 Å². The van der Waals surface area contributed by atoms with Crippen molar-refractivity contribution >= 4 is 29.4 Å². The number of nitrogens with zero attached hydrogens (tertiary/aromatic N) is 1. The van der Waals surface area contributed by atoms with Crippen LogP contribution in [0.15, 0.2) is 59.1 Å². The van der Waals surface area contributed by atoms with Gasteiger partial charge in [-0.2, -0.15) is 0 Å². The molecule has 2 saturated heterocycles. The number of anilines is 1. The van der Waals surface area contributed by atoms with Gasteiger partial charge in [0.05, 0.1) is 16.3 Å². The number of amides is 3. The zero-order valence-electron chi connectivity index (χ0n) is 20.9. The minimum Gasteiger partial charge on any atom is -0.457 e. The Morgan fingerprint density at radius 2 is 1.92 bits per heavy atom. The van der Waals surface area contributed by atoms with Gasteiger partial charge in [0.1, 0.15) is 11.5 Å². The number of benzene rings is 2. The maximum absolute atomic E-state index is 13.5. The highest BCUT2D eigenvalue weighted by Crippen LogP contribution is 2.48. The van der Waals surface area contributed by atoms with Gasteiger partial charge in [0.15, 0.2) is 0 Å². The standard InChI is InChI=1S/C28H33N5O3S/c1-16-15-18(36-17-7-3-2-4-8-17)11-12-21(16)33-22-13-14-30-27-23(22)24(32-28(33)35)25(37-27)26(34)31-20-10-6-5-9-19(20)29/h2-4,7-8,11-12,15,19-20,22-23,27,30H,5-6,9-10,13-14,29H2,1H3,(H,31,34)(H,32,35)/t19-,20-,22?,23?,27?/m0/s1. The lowest BCUT2D eigenvalue weighted by Crippen LogP contribution is -2.62. The zero-order chi connectivity index (χ0) is 25.5. The van der Waals surface area contributed by atoms with Gasteiger partial charge < -0.3 is 26.4 Å². The van der Waals surface area contributed by atoms with E-state index in [-0.39, 0.29) is 41.4 Å². The summed E-state index contributed by atoms with van der Waals surface area (Å²) >= 11 is 1.53. The Morgan fingerprint density at radius 3 is 2.70 bits per heavy atom. The normalized spacial score (nSPS) is 29.0. The maximum atomic E-state index is 13.5. The number of hydrogen-bond acceptors (Lipinski definition) is 6. The SMILES string of the molecule is Cc1cc(Oc2ccccc2)ccc1N1C(=O)NC2=C(C(=O)N[C@H]3CCCC[C@@H]3N)SC3NCCC1C23. The van der Waals surface area contributed by atoms with E-state index in [2.05, 4.69) is 16.0 Å². The van der Waals surface area contributed by atoms with Crippen molar-refractivity contribution < 1.29 is 14.3 Å². The van der Waals surface area contributed by atoms with Crippen molar-refractivity contribution in [3.8, 4) is 11.5 Å². The first-order chi connectivity index (χ1) is 18.0. The fraction of sp³-hybridized carbons (Fsp3) is 0.429. The molecule has 9 heteroatoms. The number of rotatable bonds is 5. The number of carbonyl (C=O) groups is 2. The largest absolute Gasteiger partial charge is 0.457 e. The lowest BCUT2D eigenvalue weighted by atomic mass is 9.86. The fourth-order valence-corrected chi connectivity index (χ4v) is 7.46. The summed E-state index contributed by atoms with van der Waals surface area (Å²) in [4.78, 5) is 29.4. The third-order valence-electron chi connectivity index (χ3n) is 7.89. The first-order valence-electron chi connectivity index (χ1n) is 13.1. The summed E-state index contributed by atoms with van der Waals surface area (Å²) in [7, 11) is 0. The van der Waals surface area contributed by atoms with Crippen LogP contribution in [0.5, 0.6) is 11.5 Å². The first-order valence-corrected chi connectivity index (χ1v) is 14.0. The third kappa shape index (κ3) is 4.60. The monoisotopic (exact) mass is 519 g/mol. The summed E-state index contributed by atoms with van der Waals surface area (Å²) in [6.45, 7) is 2.78. The predicted molar refractivity (Wildman–Crippen MR) is 145 cm³/mol. The molecule has 194 valence electrons. The zero-order valence-corrected chi connectivity index (χ0v) is 21.7. The number of para-hydroxylation sites is 1. The van der Waals surface area contributed by atoms with Crippen LogP contribution >= 0.6 is 11.8 Å². The number of urea groups is 1. The highest BCUT2D eigenvalue weighted by atomic mass is 32.2.